The molecule has 42 heavy (non-hydrogen) atoms. The van der Waals surface area contributed by atoms with Crippen LogP contribution in [0, 0.1) is 0 Å². The van der Waals surface area contributed by atoms with Crippen molar-refractivity contribution in [1.82, 2.24) is 0 Å². The average Bonchev–Trinajstić information content (AvgIpc) is 2.94. The molecule has 10 N–H and O–H groups in total. The third-order valence-electron chi connectivity index (χ3n) is 7.51. The third-order valence-corrected chi connectivity index (χ3v) is 7.51. The van der Waals surface area contributed by atoms with Crippen molar-refractivity contribution in [1.29, 1.82) is 0 Å². The predicted molar refractivity (Wildman–Crippen MR) is 139 cm³/mol. The van der Waals surface area contributed by atoms with Gasteiger partial charge in [-0.3, -0.25) is 4.79 Å². The Kier molecular flexibility index (Phi) is 8.06. The molecule has 0 aliphatic carbocycles. The first-order valence-electron chi connectivity index (χ1n) is 12.9. The number of rotatable bonds is 5. The number of hydrogen-bond acceptors (Lipinski definition) is 15. The first-order chi connectivity index (χ1) is 19.8. The third kappa shape index (κ3) is 5.04. The van der Waals surface area contributed by atoms with E-state index in [0.717, 1.165) is 24.3 Å². The first-order valence-corrected chi connectivity index (χ1v) is 12.9. The summed E-state index contributed by atoms with van der Waals surface area (Å²) in [5.41, 5.74) is -1.53. The number of ether oxygens (including phenoxy) is 3. The van der Waals surface area contributed by atoms with Gasteiger partial charge in [-0.2, -0.15) is 0 Å². The highest BCUT2D eigenvalue weighted by Crippen LogP contribution is 2.45. The number of aromatic hydroxyl groups is 4. The molecule has 0 spiro atoms. The van der Waals surface area contributed by atoms with Gasteiger partial charge in [0.15, 0.2) is 28.8 Å². The Morgan fingerprint density at radius 3 is 2.17 bits per heavy atom. The molecule has 0 amide bonds. The lowest BCUT2D eigenvalue weighted by Gasteiger charge is -2.46. The Balaban J connectivity index is 1.68. The minimum atomic E-state index is -1.89. The van der Waals surface area contributed by atoms with E-state index in [1.165, 1.54) is 13.0 Å². The standard InChI is InChI=1S/C27H30O15/c1-8-19(34)21(36)23(38)27(39-8)42-26-22(37)20(35)16(7-28)41-25(26)18-13(32)5-12(31)17-14(33)6-15(40-24(17)18)9-2-3-10(29)11(30)4-9/h2-6,8,16,19-23,25-32,34-38H,7H2,1H3/t8-,16+,19-,20+,21+,22-,23+,25-,26+,27?/m0/s1. The Hall–Kier alpha value is -3.51. The Labute approximate surface area is 236 Å². The van der Waals surface area contributed by atoms with Crippen LogP contribution < -0.4 is 5.43 Å². The second-order valence-electron chi connectivity index (χ2n) is 10.3. The van der Waals surface area contributed by atoms with Crippen LogP contribution in [0.3, 0.4) is 0 Å². The zero-order chi connectivity index (χ0) is 30.6. The van der Waals surface area contributed by atoms with Crippen LogP contribution in [0.2, 0.25) is 0 Å². The molecular formula is C27H30O15. The summed E-state index contributed by atoms with van der Waals surface area (Å²) in [7, 11) is 0. The average molecular weight is 595 g/mol. The SMILES string of the molecule is C[C@@H]1OC(O[C@@H]2[C@@H](O)[C@H](O)[C@@H](CO)O[C@H]2c2c(O)cc(O)c3c(=O)cc(-c4ccc(O)c(O)c4)oc23)[C@H](O)[C@H](O)[C@H]1O. The monoisotopic (exact) mass is 594 g/mol. The van der Waals surface area contributed by atoms with E-state index in [4.69, 9.17) is 18.6 Å². The summed E-state index contributed by atoms with van der Waals surface area (Å²) in [6.45, 7) is 0.569. The van der Waals surface area contributed by atoms with Crippen LogP contribution in [-0.4, -0.2) is 113 Å². The van der Waals surface area contributed by atoms with Crippen molar-refractivity contribution in [2.24, 2.45) is 0 Å². The number of phenolic OH excluding ortho intramolecular Hbond substituents is 4. The molecule has 228 valence electrons. The molecule has 2 aliphatic rings. The minimum absolute atomic E-state index is 0.111. The lowest BCUT2D eigenvalue weighted by atomic mass is 9.89. The maximum absolute atomic E-state index is 13.2. The van der Waals surface area contributed by atoms with Crippen molar-refractivity contribution < 1.29 is 69.7 Å². The number of aliphatic hydroxyl groups is 6. The highest BCUT2D eigenvalue weighted by molar-refractivity contribution is 5.89. The fourth-order valence-electron chi connectivity index (χ4n) is 5.17. The number of fused-ring (bicyclic) bond motifs is 1. The highest BCUT2D eigenvalue weighted by atomic mass is 16.7. The van der Waals surface area contributed by atoms with Crippen LogP contribution in [0.25, 0.3) is 22.3 Å². The Bertz CT molecular complexity index is 1520. The maximum Gasteiger partial charge on any atom is 0.197 e. The van der Waals surface area contributed by atoms with E-state index < -0.39 is 107 Å². The molecule has 2 aliphatic heterocycles. The molecule has 2 aromatic carbocycles. The van der Waals surface area contributed by atoms with E-state index in [9.17, 15) is 55.9 Å². The van der Waals surface area contributed by atoms with Gasteiger partial charge in [0.25, 0.3) is 0 Å². The molecule has 0 saturated carbocycles. The van der Waals surface area contributed by atoms with Gasteiger partial charge in [-0.25, -0.2) is 0 Å². The molecule has 5 rings (SSSR count). The van der Waals surface area contributed by atoms with Gasteiger partial charge >= 0.3 is 0 Å². The van der Waals surface area contributed by atoms with E-state index in [2.05, 4.69) is 0 Å². The van der Waals surface area contributed by atoms with Gasteiger partial charge in [0.1, 0.15) is 71.5 Å². The minimum Gasteiger partial charge on any atom is -0.507 e. The molecule has 0 radical (unpaired) electrons. The van der Waals surface area contributed by atoms with Crippen LogP contribution in [0.1, 0.15) is 18.6 Å². The quantitative estimate of drug-likeness (QED) is 0.153. The van der Waals surface area contributed by atoms with Crippen molar-refractivity contribution in [3.05, 3.63) is 46.1 Å². The second-order valence-corrected chi connectivity index (χ2v) is 10.3. The number of hydrogen-bond donors (Lipinski definition) is 10. The molecule has 1 unspecified atom stereocenters. The number of benzene rings is 2. The predicted octanol–water partition coefficient (Wildman–Crippen LogP) is -1.35. The zero-order valence-electron chi connectivity index (χ0n) is 21.9. The summed E-state index contributed by atoms with van der Waals surface area (Å²) in [5, 5.41) is 103. The molecule has 2 saturated heterocycles. The van der Waals surface area contributed by atoms with Crippen LogP contribution in [-0.2, 0) is 14.2 Å². The Morgan fingerprint density at radius 1 is 0.786 bits per heavy atom. The summed E-state index contributed by atoms with van der Waals surface area (Å²) < 4.78 is 22.9. The molecule has 10 atom stereocenters. The molecule has 3 aromatic rings. The van der Waals surface area contributed by atoms with E-state index in [-0.39, 0.29) is 16.9 Å². The molecule has 2 fully saturated rings. The second kappa shape index (κ2) is 11.3. The zero-order valence-corrected chi connectivity index (χ0v) is 21.9. The van der Waals surface area contributed by atoms with Crippen LogP contribution in [0.5, 0.6) is 23.0 Å². The normalized spacial score (nSPS) is 33.6. The molecular weight excluding hydrogens is 564 g/mol. The van der Waals surface area contributed by atoms with Crippen LogP contribution >= 0.6 is 0 Å². The lowest BCUT2D eigenvalue weighted by molar-refractivity contribution is -0.338. The van der Waals surface area contributed by atoms with Gasteiger partial charge in [0, 0.05) is 17.7 Å². The fraction of sp³-hybridized carbons (Fsp3) is 0.444. The first kappa shape index (κ1) is 30.0. The van der Waals surface area contributed by atoms with Crippen molar-refractivity contribution in [3.63, 3.8) is 0 Å². The summed E-state index contributed by atoms with van der Waals surface area (Å²) in [4.78, 5) is 13.2. The highest BCUT2D eigenvalue weighted by Gasteiger charge is 2.51. The van der Waals surface area contributed by atoms with Gasteiger partial charge in [-0.1, -0.05) is 0 Å². The largest absolute Gasteiger partial charge is 0.507 e. The molecule has 3 heterocycles. The number of aliphatic hydroxyl groups excluding tert-OH is 6. The van der Waals surface area contributed by atoms with Crippen molar-refractivity contribution in [3.8, 4) is 34.3 Å². The van der Waals surface area contributed by atoms with Crippen molar-refractivity contribution in [2.75, 3.05) is 6.61 Å². The van der Waals surface area contributed by atoms with Gasteiger partial charge in [0.05, 0.1) is 18.3 Å². The van der Waals surface area contributed by atoms with Gasteiger partial charge in [-0.15, -0.1) is 0 Å². The van der Waals surface area contributed by atoms with Gasteiger partial charge < -0.3 is 69.7 Å². The smallest absolute Gasteiger partial charge is 0.197 e. The van der Waals surface area contributed by atoms with Crippen LogP contribution in [0.15, 0.2) is 39.5 Å². The van der Waals surface area contributed by atoms with Crippen molar-refractivity contribution >= 4 is 11.0 Å². The van der Waals surface area contributed by atoms with Gasteiger partial charge in [-0.05, 0) is 25.1 Å². The summed E-state index contributed by atoms with van der Waals surface area (Å²) in [5.74, 6) is -2.58. The van der Waals surface area contributed by atoms with E-state index in [1.807, 2.05) is 0 Å². The van der Waals surface area contributed by atoms with Gasteiger partial charge in [0.2, 0.25) is 0 Å². The molecule has 15 heteroatoms. The summed E-state index contributed by atoms with van der Waals surface area (Å²) in [6.07, 6.45) is -16.3. The maximum atomic E-state index is 13.2. The molecule has 15 nitrogen and oxygen atoms in total. The fourth-order valence-corrected chi connectivity index (χ4v) is 5.17. The molecule has 1 aromatic heterocycles. The van der Waals surface area contributed by atoms with E-state index >= 15 is 0 Å². The lowest BCUT2D eigenvalue weighted by Crippen LogP contribution is -2.61. The van der Waals surface area contributed by atoms with Crippen molar-refractivity contribution in [2.45, 2.75) is 68.1 Å². The number of phenols is 4. The topological polar surface area (TPSA) is 260 Å². The Morgan fingerprint density at radius 2 is 1.50 bits per heavy atom. The van der Waals surface area contributed by atoms with E-state index in [0.29, 0.717) is 0 Å². The van der Waals surface area contributed by atoms with Crippen LogP contribution in [0.4, 0.5) is 0 Å². The van der Waals surface area contributed by atoms with E-state index in [1.54, 1.807) is 0 Å². The summed E-state index contributed by atoms with van der Waals surface area (Å²) in [6, 6.07) is 5.33. The molecule has 0 bridgehead atoms. The summed E-state index contributed by atoms with van der Waals surface area (Å²) >= 11 is 0.